The van der Waals surface area contributed by atoms with Crippen LogP contribution >= 0.6 is 11.6 Å². The molecule has 1 aliphatic rings. The van der Waals surface area contributed by atoms with Crippen molar-refractivity contribution in [1.82, 2.24) is 5.32 Å². The highest BCUT2D eigenvalue weighted by Crippen LogP contribution is 2.14. The summed E-state index contributed by atoms with van der Waals surface area (Å²) in [5.74, 6) is 0.633. The molecule has 0 saturated carbocycles. The third-order valence-electron chi connectivity index (χ3n) is 3.01. The summed E-state index contributed by atoms with van der Waals surface area (Å²) < 4.78 is 5.13. The molecule has 1 saturated heterocycles. The van der Waals surface area contributed by atoms with Crippen molar-refractivity contribution >= 4 is 23.4 Å². The topological polar surface area (TPSA) is 50.4 Å². The smallest absolute Gasteiger partial charge is 0.411 e. The molecular formula is C13H17ClN2O2. The Bertz CT molecular complexity index is 388. The van der Waals surface area contributed by atoms with Crippen molar-refractivity contribution in [2.75, 3.05) is 25.0 Å². The van der Waals surface area contributed by atoms with E-state index in [0.717, 1.165) is 19.5 Å². The molecular weight excluding hydrogens is 252 g/mol. The van der Waals surface area contributed by atoms with Gasteiger partial charge in [-0.25, -0.2) is 4.79 Å². The molecule has 1 unspecified atom stereocenters. The molecule has 1 fully saturated rings. The van der Waals surface area contributed by atoms with Gasteiger partial charge in [0.15, 0.2) is 0 Å². The first kappa shape index (κ1) is 13.2. The minimum Gasteiger partial charge on any atom is -0.449 e. The largest absolute Gasteiger partial charge is 0.449 e. The molecule has 1 amide bonds. The zero-order valence-electron chi connectivity index (χ0n) is 10.1. The van der Waals surface area contributed by atoms with Gasteiger partial charge >= 0.3 is 6.09 Å². The highest BCUT2D eigenvalue weighted by atomic mass is 35.5. The molecule has 98 valence electrons. The Hall–Kier alpha value is -1.26. The standard InChI is InChI=1S/C13H17ClN2O2/c14-11-1-3-12(4-2-11)16-13(17)18-8-6-10-5-7-15-9-10/h1-4,10,15H,5-9H2,(H,16,17). The van der Waals surface area contributed by atoms with Gasteiger partial charge in [-0.05, 0) is 56.1 Å². The Balaban J connectivity index is 1.66. The number of hydrogen-bond acceptors (Lipinski definition) is 3. The van der Waals surface area contributed by atoms with Crippen molar-refractivity contribution in [3.63, 3.8) is 0 Å². The third kappa shape index (κ3) is 4.20. The summed E-state index contributed by atoms with van der Waals surface area (Å²) in [6, 6.07) is 6.93. The highest BCUT2D eigenvalue weighted by molar-refractivity contribution is 6.30. The van der Waals surface area contributed by atoms with Crippen LogP contribution in [-0.4, -0.2) is 25.8 Å². The number of nitrogens with one attached hydrogen (secondary N) is 2. The van der Waals surface area contributed by atoms with E-state index in [1.54, 1.807) is 24.3 Å². The first-order chi connectivity index (χ1) is 8.74. The molecule has 1 aliphatic heterocycles. The summed E-state index contributed by atoms with van der Waals surface area (Å²) in [5.41, 5.74) is 0.687. The molecule has 0 radical (unpaired) electrons. The Labute approximate surface area is 112 Å². The lowest BCUT2D eigenvalue weighted by atomic mass is 10.1. The van der Waals surface area contributed by atoms with Crippen LogP contribution in [0.1, 0.15) is 12.8 Å². The summed E-state index contributed by atoms with van der Waals surface area (Å²) >= 11 is 5.75. The van der Waals surface area contributed by atoms with E-state index in [-0.39, 0.29) is 0 Å². The first-order valence-electron chi connectivity index (χ1n) is 6.14. The first-order valence-corrected chi connectivity index (χ1v) is 6.52. The van der Waals surface area contributed by atoms with Gasteiger partial charge in [0.2, 0.25) is 0 Å². The predicted octanol–water partition coefficient (Wildman–Crippen LogP) is 2.89. The van der Waals surface area contributed by atoms with E-state index in [1.165, 1.54) is 6.42 Å². The number of benzene rings is 1. The van der Waals surface area contributed by atoms with Crippen LogP contribution in [0.5, 0.6) is 0 Å². The lowest BCUT2D eigenvalue weighted by Gasteiger charge is -2.09. The fourth-order valence-corrected chi connectivity index (χ4v) is 2.09. The van der Waals surface area contributed by atoms with Crippen LogP contribution in [0, 0.1) is 5.92 Å². The minimum atomic E-state index is -0.414. The van der Waals surface area contributed by atoms with Crippen LogP contribution < -0.4 is 10.6 Å². The second kappa shape index (κ2) is 6.61. The van der Waals surface area contributed by atoms with Gasteiger partial charge < -0.3 is 10.1 Å². The molecule has 1 aromatic carbocycles. The SMILES string of the molecule is O=C(Nc1ccc(Cl)cc1)OCCC1CCNC1. The number of hydrogen-bond donors (Lipinski definition) is 2. The molecule has 18 heavy (non-hydrogen) atoms. The van der Waals surface area contributed by atoms with Crippen molar-refractivity contribution in [2.24, 2.45) is 5.92 Å². The van der Waals surface area contributed by atoms with Crippen molar-refractivity contribution in [3.05, 3.63) is 29.3 Å². The molecule has 1 aromatic rings. The van der Waals surface area contributed by atoms with Crippen LogP contribution in [0.4, 0.5) is 10.5 Å². The second-order valence-corrected chi connectivity index (χ2v) is 4.85. The van der Waals surface area contributed by atoms with E-state index in [1.807, 2.05) is 0 Å². The van der Waals surface area contributed by atoms with E-state index in [2.05, 4.69) is 10.6 Å². The number of carbonyl (C=O) groups is 1. The Morgan fingerprint density at radius 3 is 2.89 bits per heavy atom. The number of carbonyl (C=O) groups excluding carboxylic acids is 1. The van der Waals surface area contributed by atoms with E-state index in [0.29, 0.717) is 23.2 Å². The Morgan fingerprint density at radius 2 is 2.22 bits per heavy atom. The van der Waals surface area contributed by atoms with Gasteiger partial charge in [0.1, 0.15) is 0 Å². The summed E-state index contributed by atoms with van der Waals surface area (Å²) in [5, 5.41) is 6.59. The average molecular weight is 269 g/mol. The average Bonchev–Trinajstić information content (AvgIpc) is 2.85. The van der Waals surface area contributed by atoms with E-state index in [9.17, 15) is 4.79 Å². The zero-order valence-corrected chi connectivity index (χ0v) is 10.9. The maximum absolute atomic E-state index is 11.5. The molecule has 0 aromatic heterocycles. The predicted molar refractivity (Wildman–Crippen MR) is 72.0 cm³/mol. The van der Waals surface area contributed by atoms with Crippen molar-refractivity contribution < 1.29 is 9.53 Å². The summed E-state index contributed by atoms with van der Waals surface area (Å²) in [6.45, 7) is 2.57. The van der Waals surface area contributed by atoms with Crippen LogP contribution in [0.2, 0.25) is 5.02 Å². The fourth-order valence-electron chi connectivity index (χ4n) is 1.97. The van der Waals surface area contributed by atoms with E-state index < -0.39 is 6.09 Å². The number of halogens is 1. The highest BCUT2D eigenvalue weighted by Gasteiger charge is 2.14. The summed E-state index contributed by atoms with van der Waals surface area (Å²) in [7, 11) is 0. The van der Waals surface area contributed by atoms with E-state index in [4.69, 9.17) is 16.3 Å². The van der Waals surface area contributed by atoms with Gasteiger partial charge in [0.25, 0.3) is 0 Å². The molecule has 0 aliphatic carbocycles. The van der Waals surface area contributed by atoms with Crippen LogP contribution in [0.3, 0.4) is 0 Å². The molecule has 0 spiro atoms. The van der Waals surface area contributed by atoms with Crippen LogP contribution in [0.25, 0.3) is 0 Å². The second-order valence-electron chi connectivity index (χ2n) is 4.42. The summed E-state index contributed by atoms with van der Waals surface area (Å²) in [6.07, 6.45) is 1.67. The molecule has 0 bridgehead atoms. The number of ether oxygens (including phenoxy) is 1. The lowest BCUT2D eigenvalue weighted by Crippen LogP contribution is -2.16. The molecule has 2 N–H and O–H groups in total. The molecule has 1 atom stereocenters. The molecule has 2 rings (SSSR count). The van der Waals surface area contributed by atoms with Gasteiger partial charge in [-0.2, -0.15) is 0 Å². The number of amides is 1. The van der Waals surface area contributed by atoms with Gasteiger partial charge in [0, 0.05) is 10.7 Å². The molecule has 5 heteroatoms. The van der Waals surface area contributed by atoms with Crippen molar-refractivity contribution in [1.29, 1.82) is 0 Å². The summed E-state index contributed by atoms with van der Waals surface area (Å²) in [4.78, 5) is 11.5. The normalized spacial score (nSPS) is 18.6. The zero-order chi connectivity index (χ0) is 12.8. The van der Waals surface area contributed by atoms with Gasteiger partial charge in [-0.1, -0.05) is 11.6 Å². The molecule has 4 nitrogen and oxygen atoms in total. The monoisotopic (exact) mass is 268 g/mol. The Kier molecular flexibility index (Phi) is 4.84. The van der Waals surface area contributed by atoms with Gasteiger partial charge in [0.05, 0.1) is 6.61 Å². The van der Waals surface area contributed by atoms with E-state index >= 15 is 0 Å². The third-order valence-corrected chi connectivity index (χ3v) is 3.26. The van der Waals surface area contributed by atoms with Crippen LogP contribution in [0.15, 0.2) is 24.3 Å². The lowest BCUT2D eigenvalue weighted by molar-refractivity contribution is 0.154. The quantitative estimate of drug-likeness (QED) is 0.883. The number of anilines is 1. The fraction of sp³-hybridized carbons (Fsp3) is 0.462. The maximum Gasteiger partial charge on any atom is 0.411 e. The Morgan fingerprint density at radius 1 is 1.44 bits per heavy atom. The minimum absolute atomic E-state index is 0.414. The van der Waals surface area contributed by atoms with Gasteiger partial charge in [-0.15, -0.1) is 0 Å². The molecule has 1 heterocycles. The van der Waals surface area contributed by atoms with Gasteiger partial charge in [-0.3, -0.25) is 5.32 Å². The van der Waals surface area contributed by atoms with Crippen molar-refractivity contribution in [3.8, 4) is 0 Å². The number of rotatable bonds is 4. The van der Waals surface area contributed by atoms with Crippen LogP contribution in [-0.2, 0) is 4.74 Å². The maximum atomic E-state index is 11.5. The van der Waals surface area contributed by atoms with Crippen molar-refractivity contribution in [2.45, 2.75) is 12.8 Å².